The molecule has 0 radical (unpaired) electrons. The van der Waals surface area contributed by atoms with Gasteiger partial charge in [0.2, 0.25) is 0 Å². The lowest BCUT2D eigenvalue weighted by molar-refractivity contribution is 0.413. The molecular weight excluding hydrogens is 296 g/mol. The Balaban J connectivity index is 0.000000175. The molecule has 0 fully saturated rings. The molecule has 0 N–H and O–H groups in total. The first kappa shape index (κ1) is 18.0. The summed E-state index contributed by atoms with van der Waals surface area (Å²) < 4.78 is 0. The number of azo groups is 1. The fraction of sp³-hybridized carbons (Fsp3) is 0.350. The number of aliphatic imine (C=N–C) groups is 1. The standard InChI is InChI=1S/C11H10.C9H16N4/c1-9-5-4-7-10-6-2-3-8-11(9)10;1-13(2)8-12-11-7-9-5-3-4-6-10-9/h2-8H,1H3;5-6H,3-4,7-8H2,1-2H3. The number of benzene rings is 2. The maximum absolute atomic E-state index is 4.21. The molecule has 24 heavy (non-hydrogen) atoms. The maximum Gasteiger partial charge on any atom is 0.112 e. The second-order valence-electron chi connectivity index (χ2n) is 6.04. The van der Waals surface area contributed by atoms with E-state index in [1.807, 2.05) is 25.2 Å². The van der Waals surface area contributed by atoms with E-state index >= 15 is 0 Å². The van der Waals surface area contributed by atoms with Crippen LogP contribution in [0.15, 0.2) is 69.5 Å². The predicted molar refractivity (Wildman–Crippen MR) is 103 cm³/mol. The molecule has 2 aromatic rings. The maximum atomic E-state index is 4.21. The van der Waals surface area contributed by atoms with Crippen molar-refractivity contribution in [1.29, 1.82) is 0 Å². The molecule has 0 spiro atoms. The summed E-state index contributed by atoms with van der Waals surface area (Å²) in [5.41, 5.74) is 2.39. The van der Waals surface area contributed by atoms with Crippen LogP contribution in [0.4, 0.5) is 0 Å². The van der Waals surface area contributed by atoms with Crippen LogP contribution >= 0.6 is 0 Å². The normalized spacial score (nSPS) is 13.9. The van der Waals surface area contributed by atoms with Gasteiger partial charge in [0, 0.05) is 6.21 Å². The predicted octanol–water partition coefficient (Wildman–Crippen LogP) is 4.85. The Morgan fingerprint density at radius 1 is 1.00 bits per heavy atom. The minimum absolute atomic E-state index is 0.615. The summed E-state index contributed by atoms with van der Waals surface area (Å²) in [7, 11) is 3.94. The van der Waals surface area contributed by atoms with Crippen molar-refractivity contribution < 1.29 is 0 Å². The van der Waals surface area contributed by atoms with E-state index in [1.54, 1.807) is 0 Å². The molecular formula is C20H26N4. The summed E-state index contributed by atoms with van der Waals surface area (Å²) in [5.74, 6) is 0. The van der Waals surface area contributed by atoms with E-state index in [2.05, 4.69) is 70.7 Å². The van der Waals surface area contributed by atoms with Crippen LogP contribution in [0.3, 0.4) is 0 Å². The largest absolute Gasteiger partial charge is 0.289 e. The van der Waals surface area contributed by atoms with E-state index in [1.165, 1.54) is 16.3 Å². The van der Waals surface area contributed by atoms with E-state index in [9.17, 15) is 0 Å². The second-order valence-corrected chi connectivity index (χ2v) is 6.04. The Labute approximate surface area is 144 Å². The van der Waals surface area contributed by atoms with Crippen molar-refractivity contribution in [1.82, 2.24) is 4.90 Å². The molecule has 0 atom stereocenters. The van der Waals surface area contributed by atoms with Crippen LogP contribution in [0, 0.1) is 6.92 Å². The third-order valence-corrected chi connectivity index (χ3v) is 3.62. The highest BCUT2D eigenvalue weighted by atomic mass is 15.2. The molecule has 1 heterocycles. The smallest absolute Gasteiger partial charge is 0.112 e. The average Bonchev–Trinajstić information content (AvgIpc) is 2.61. The minimum atomic E-state index is 0.615. The fourth-order valence-electron chi connectivity index (χ4n) is 2.35. The molecule has 0 aliphatic carbocycles. The highest BCUT2D eigenvalue weighted by Gasteiger charge is 1.96. The van der Waals surface area contributed by atoms with E-state index in [0.717, 1.165) is 18.5 Å². The van der Waals surface area contributed by atoms with E-state index in [-0.39, 0.29) is 0 Å². The summed E-state index contributed by atoms with van der Waals surface area (Å²) in [5, 5.41) is 10.7. The first-order valence-electron chi connectivity index (χ1n) is 8.31. The Morgan fingerprint density at radius 3 is 2.50 bits per heavy atom. The van der Waals surface area contributed by atoms with Gasteiger partial charge in [0.1, 0.15) is 13.2 Å². The van der Waals surface area contributed by atoms with Gasteiger partial charge in [0.25, 0.3) is 0 Å². The van der Waals surface area contributed by atoms with E-state index < -0.39 is 0 Å². The van der Waals surface area contributed by atoms with Gasteiger partial charge < -0.3 is 0 Å². The lowest BCUT2D eigenvalue weighted by Gasteiger charge is -2.03. The van der Waals surface area contributed by atoms with Gasteiger partial charge in [-0.25, -0.2) is 0 Å². The Kier molecular flexibility index (Phi) is 7.30. The first-order chi connectivity index (χ1) is 11.7. The summed E-state index contributed by atoms with van der Waals surface area (Å²) in [6.45, 7) is 3.41. The average molecular weight is 322 g/mol. The van der Waals surface area contributed by atoms with Crippen molar-refractivity contribution in [3.8, 4) is 0 Å². The molecule has 4 heteroatoms. The van der Waals surface area contributed by atoms with E-state index in [4.69, 9.17) is 0 Å². The number of allylic oxidation sites excluding steroid dienone is 1. The third kappa shape index (κ3) is 6.05. The van der Waals surface area contributed by atoms with Crippen LogP contribution in [-0.4, -0.2) is 38.4 Å². The molecule has 0 bridgehead atoms. The van der Waals surface area contributed by atoms with Crippen molar-refractivity contribution in [2.75, 3.05) is 27.3 Å². The van der Waals surface area contributed by atoms with Gasteiger partial charge >= 0.3 is 0 Å². The van der Waals surface area contributed by atoms with Crippen LogP contribution in [0.1, 0.15) is 18.4 Å². The van der Waals surface area contributed by atoms with Crippen LogP contribution in [0.5, 0.6) is 0 Å². The first-order valence-corrected chi connectivity index (χ1v) is 8.31. The monoisotopic (exact) mass is 322 g/mol. The van der Waals surface area contributed by atoms with Gasteiger partial charge in [0.15, 0.2) is 0 Å². The van der Waals surface area contributed by atoms with E-state index in [0.29, 0.717) is 13.2 Å². The zero-order valence-electron chi connectivity index (χ0n) is 14.8. The van der Waals surface area contributed by atoms with Gasteiger partial charge in [-0.1, -0.05) is 48.5 Å². The highest BCUT2D eigenvalue weighted by Crippen LogP contribution is 2.16. The van der Waals surface area contributed by atoms with Crippen molar-refractivity contribution in [3.05, 3.63) is 59.8 Å². The molecule has 1 aliphatic heterocycles. The third-order valence-electron chi connectivity index (χ3n) is 3.62. The number of fused-ring (bicyclic) bond motifs is 1. The highest BCUT2D eigenvalue weighted by molar-refractivity contribution is 5.85. The van der Waals surface area contributed by atoms with Crippen molar-refractivity contribution in [2.24, 2.45) is 15.2 Å². The van der Waals surface area contributed by atoms with Crippen molar-refractivity contribution in [3.63, 3.8) is 0 Å². The topological polar surface area (TPSA) is 40.3 Å². The molecule has 0 saturated carbocycles. The molecule has 0 unspecified atom stereocenters. The zero-order chi connectivity index (χ0) is 17.2. The van der Waals surface area contributed by atoms with Crippen LogP contribution in [-0.2, 0) is 0 Å². The number of aryl methyl sites for hydroxylation is 1. The van der Waals surface area contributed by atoms with Gasteiger partial charge in [-0.05, 0) is 50.2 Å². The van der Waals surface area contributed by atoms with Crippen LogP contribution in [0.25, 0.3) is 10.8 Å². The molecule has 3 rings (SSSR count). The number of rotatable bonds is 4. The molecule has 1 aliphatic rings. The van der Waals surface area contributed by atoms with Crippen molar-refractivity contribution >= 4 is 17.0 Å². The van der Waals surface area contributed by atoms with Gasteiger partial charge in [-0.15, -0.1) is 0 Å². The Hall–Kier alpha value is -2.33. The summed E-state index contributed by atoms with van der Waals surface area (Å²) in [4.78, 5) is 6.19. The number of nitrogens with zero attached hydrogens (tertiary/aromatic N) is 4. The second kappa shape index (κ2) is 9.73. The minimum Gasteiger partial charge on any atom is -0.289 e. The lowest BCUT2D eigenvalue weighted by Crippen LogP contribution is -2.10. The van der Waals surface area contributed by atoms with Gasteiger partial charge in [-0.2, -0.15) is 10.2 Å². The number of hydrogen-bond acceptors (Lipinski definition) is 4. The Bertz CT molecular complexity index is 724. The number of hydrogen-bond donors (Lipinski definition) is 0. The Morgan fingerprint density at radius 2 is 1.79 bits per heavy atom. The summed E-state index contributed by atoms with van der Waals surface area (Å²) in [6.07, 6.45) is 6.20. The molecule has 4 nitrogen and oxygen atoms in total. The summed E-state index contributed by atoms with van der Waals surface area (Å²) in [6, 6.07) is 14.8. The molecule has 126 valence electrons. The SMILES string of the molecule is CN(C)CN=NCC1=CCCC=N1.Cc1cccc2ccccc12. The molecule has 0 amide bonds. The molecule has 2 aromatic carbocycles. The zero-order valence-corrected chi connectivity index (χ0v) is 14.8. The summed E-state index contributed by atoms with van der Waals surface area (Å²) >= 11 is 0. The quantitative estimate of drug-likeness (QED) is 0.741. The van der Waals surface area contributed by atoms with Crippen LogP contribution < -0.4 is 0 Å². The fourth-order valence-corrected chi connectivity index (χ4v) is 2.35. The molecule has 0 saturated heterocycles. The van der Waals surface area contributed by atoms with Gasteiger partial charge in [-0.3, -0.25) is 9.89 Å². The van der Waals surface area contributed by atoms with Crippen LogP contribution in [0.2, 0.25) is 0 Å². The lowest BCUT2D eigenvalue weighted by atomic mass is 10.1. The van der Waals surface area contributed by atoms with Gasteiger partial charge in [0.05, 0.1) is 5.70 Å². The molecule has 0 aromatic heterocycles. The van der Waals surface area contributed by atoms with Crippen molar-refractivity contribution in [2.45, 2.75) is 19.8 Å².